The number of nitrogens with one attached hydrogen (secondary N) is 3. The van der Waals surface area contributed by atoms with E-state index in [1.165, 1.54) is 24.5 Å². The minimum Gasteiger partial charge on any atom is -0.466 e. The number of carbonyl (C=O) groups excluding carboxylic acids is 3. The van der Waals surface area contributed by atoms with E-state index in [0.29, 0.717) is 41.8 Å². The highest BCUT2D eigenvalue weighted by Crippen LogP contribution is 2.40. The van der Waals surface area contributed by atoms with E-state index in [2.05, 4.69) is 25.9 Å². The van der Waals surface area contributed by atoms with Crippen molar-refractivity contribution in [2.24, 2.45) is 0 Å². The molecule has 5 rings (SSSR count). The quantitative estimate of drug-likeness (QED) is 0.415. The maximum absolute atomic E-state index is 16.2. The molecule has 3 N–H and O–H groups in total. The molecule has 0 bridgehead atoms. The maximum atomic E-state index is 16.2. The summed E-state index contributed by atoms with van der Waals surface area (Å²) in [7, 11) is 0. The monoisotopic (exact) mass is 553 g/mol. The number of fused-ring (bicyclic) bond motifs is 2. The zero-order chi connectivity index (χ0) is 28.6. The number of hydrogen-bond acceptors (Lipinski definition) is 9. The number of aromatic nitrogens is 2. The predicted molar refractivity (Wildman–Crippen MR) is 143 cm³/mol. The minimum atomic E-state index is -0.865. The molecule has 12 nitrogen and oxygen atoms in total. The van der Waals surface area contributed by atoms with E-state index >= 15 is 4.39 Å². The van der Waals surface area contributed by atoms with Gasteiger partial charge in [-0.25, -0.2) is 23.9 Å². The Morgan fingerprint density at radius 3 is 2.65 bits per heavy atom. The van der Waals surface area contributed by atoms with Gasteiger partial charge >= 0.3 is 12.2 Å². The molecule has 3 amide bonds. The molecule has 1 aromatic carbocycles. The van der Waals surface area contributed by atoms with E-state index in [0.717, 1.165) is 0 Å². The summed E-state index contributed by atoms with van der Waals surface area (Å²) in [5, 5.41) is 8.48. The highest BCUT2D eigenvalue weighted by Gasteiger charge is 2.26. The van der Waals surface area contributed by atoms with Crippen LogP contribution >= 0.6 is 0 Å². The number of carbonyl (C=O) groups is 3. The Hall–Kier alpha value is -4.52. The van der Waals surface area contributed by atoms with Gasteiger partial charge in [-0.2, -0.15) is 0 Å². The molecule has 0 spiro atoms. The summed E-state index contributed by atoms with van der Waals surface area (Å²) in [5.74, 6) is -0.762. The minimum absolute atomic E-state index is 0.0778. The van der Waals surface area contributed by atoms with Gasteiger partial charge in [0, 0.05) is 35.3 Å². The van der Waals surface area contributed by atoms with Gasteiger partial charge in [0.05, 0.1) is 18.9 Å². The molecule has 2 aromatic heterocycles. The van der Waals surface area contributed by atoms with Crippen molar-refractivity contribution in [1.82, 2.24) is 9.97 Å². The fourth-order valence-electron chi connectivity index (χ4n) is 4.37. The van der Waals surface area contributed by atoms with Crippen molar-refractivity contribution in [3.63, 3.8) is 0 Å². The third-order valence-electron chi connectivity index (χ3n) is 6.18. The second-order valence-corrected chi connectivity index (χ2v) is 10.4. The van der Waals surface area contributed by atoms with Gasteiger partial charge in [0.2, 0.25) is 5.88 Å². The third kappa shape index (κ3) is 5.73. The summed E-state index contributed by atoms with van der Waals surface area (Å²) in [6, 6.07) is 3.06. The summed E-state index contributed by atoms with van der Waals surface area (Å²) in [6.07, 6.45) is 1.43. The Kier molecular flexibility index (Phi) is 7.15. The topological polar surface area (TPSA) is 150 Å². The first kappa shape index (κ1) is 27.1. The molecule has 4 heterocycles. The lowest BCUT2D eigenvalue weighted by Crippen LogP contribution is -2.27. The van der Waals surface area contributed by atoms with E-state index in [-0.39, 0.29) is 47.0 Å². The van der Waals surface area contributed by atoms with Gasteiger partial charge in [-0.15, -0.1) is 0 Å². The Morgan fingerprint density at radius 1 is 1.12 bits per heavy atom. The van der Waals surface area contributed by atoms with Crippen LogP contribution in [-0.4, -0.2) is 59.6 Å². The molecule has 1 fully saturated rings. The number of halogens is 1. The molecule has 2 aliphatic rings. The van der Waals surface area contributed by atoms with Gasteiger partial charge < -0.3 is 24.3 Å². The number of rotatable bonds is 4. The molecule has 40 heavy (non-hydrogen) atoms. The Morgan fingerprint density at radius 2 is 1.93 bits per heavy atom. The van der Waals surface area contributed by atoms with Crippen molar-refractivity contribution < 1.29 is 37.7 Å². The molecule has 1 unspecified atom stereocenters. The number of benzene rings is 1. The second kappa shape index (κ2) is 10.6. The van der Waals surface area contributed by atoms with Gasteiger partial charge in [0.25, 0.3) is 5.91 Å². The lowest BCUT2D eigenvalue weighted by atomic mass is 9.96. The average molecular weight is 554 g/mol. The summed E-state index contributed by atoms with van der Waals surface area (Å²) in [6.45, 7) is 7.41. The number of nitrogens with zero attached hydrogens (tertiary/aromatic N) is 2. The van der Waals surface area contributed by atoms with Crippen molar-refractivity contribution in [2.45, 2.75) is 45.8 Å². The van der Waals surface area contributed by atoms with E-state index in [1.807, 2.05) is 0 Å². The summed E-state index contributed by atoms with van der Waals surface area (Å²) in [4.78, 5) is 45.4. The highest BCUT2D eigenvalue weighted by atomic mass is 19.1. The Labute approximate surface area is 228 Å². The molecule has 0 aliphatic carbocycles. The van der Waals surface area contributed by atoms with Crippen LogP contribution in [0.2, 0.25) is 0 Å². The molecule has 0 radical (unpaired) electrons. The van der Waals surface area contributed by atoms with Crippen LogP contribution < -0.4 is 20.7 Å². The number of hydrogen-bond donors (Lipinski definition) is 3. The van der Waals surface area contributed by atoms with Crippen molar-refractivity contribution in [3.05, 3.63) is 35.9 Å². The first-order chi connectivity index (χ1) is 19.0. The van der Waals surface area contributed by atoms with Crippen LogP contribution in [0.5, 0.6) is 5.88 Å². The smallest absolute Gasteiger partial charge is 0.413 e. The van der Waals surface area contributed by atoms with E-state index < -0.39 is 23.6 Å². The lowest BCUT2D eigenvalue weighted by molar-refractivity contribution is -0.118. The first-order valence-corrected chi connectivity index (χ1v) is 12.6. The Balaban J connectivity index is 1.57. The maximum Gasteiger partial charge on any atom is 0.413 e. The molecule has 1 atom stereocenters. The van der Waals surface area contributed by atoms with Crippen LogP contribution in [0.25, 0.3) is 21.9 Å². The molecule has 3 aromatic rings. The van der Waals surface area contributed by atoms with Crippen LogP contribution in [0.1, 0.15) is 32.8 Å². The lowest BCUT2D eigenvalue weighted by Gasteiger charge is -2.22. The van der Waals surface area contributed by atoms with Gasteiger partial charge in [0.1, 0.15) is 23.2 Å². The summed E-state index contributed by atoms with van der Waals surface area (Å²) < 4.78 is 37.4. The number of anilines is 3. The second-order valence-electron chi connectivity index (χ2n) is 10.4. The predicted octanol–water partition coefficient (Wildman–Crippen LogP) is 4.76. The zero-order valence-electron chi connectivity index (χ0n) is 22.3. The van der Waals surface area contributed by atoms with Gasteiger partial charge in [-0.05, 0) is 50.8 Å². The first-order valence-electron chi connectivity index (χ1n) is 12.6. The van der Waals surface area contributed by atoms with Crippen LogP contribution in [0.4, 0.5) is 31.2 Å². The largest absolute Gasteiger partial charge is 0.466 e. The number of ether oxygens (including phenoxy) is 4. The molecule has 2 aliphatic heterocycles. The van der Waals surface area contributed by atoms with E-state index in [4.69, 9.17) is 18.9 Å². The molecular formula is C27H28FN5O7. The fourth-order valence-corrected chi connectivity index (χ4v) is 4.37. The SMILES string of the molecule is Cc1c(-c2cc3cc(NC(=O)OC4CCOC4)ncc3c(NC(=O)OC(C)(C)C)c2F)cnc2c1NC(=O)CO2. The van der Waals surface area contributed by atoms with Crippen LogP contribution in [0, 0.1) is 12.7 Å². The third-order valence-corrected chi connectivity index (χ3v) is 6.18. The molecule has 1 saturated heterocycles. The van der Waals surface area contributed by atoms with Crippen LogP contribution in [0.15, 0.2) is 24.5 Å². The summed E-state index contributed by atoms with van der Waals surface area (Å²) in [5.41, 5.74) is 0.256. The Bertz CT molecular complexity index is 1520. The number of amides is 3. The standard InChI is InChI=1S/C27H28FN5O7/c1-13-17(9-30-24-22(13)32-20(34)12-38-24)16-7-14-8-19(31-25(35)39-15-5-6-37-11-15)29-10-18(14)23(21(16)28)33-26(36)40-27(2,3)4/h7-10,15H,5-6,11-12H2,1-4H3,(H,32,34)(H,33,36)(H,29,31,35). The molecule has 0 saturated carbocycles. The highest BCUT2D eigenvalue weighted by molar-refractivity contribution is 6.05. The van der Waals surface area contributed by atoms with Crippen molar-refractivity contribution in [3.8, 4) is 17.0 Å². The summed E-state index contributed by atoms with van der Waals surface area (Å²) >= 11 is 0. The normalized spacial score (nSPS) is 16.5. The van der Waals surface area contributed by atoms with Gasteiger partial charge in [0.15, 0.2) is 12.4 Å². The van der Waals surface area contributed by atoms with Gasteiger partial charge in [-0.1, -0.05) is 0 Å². The fraction of sp³-hybridized carbons (Fsp3) is 0.370. The number of pyridine rings is 2. The van der Waals surface area contributed by atoms with E-state index in [1.54, 1.807) is 27.7 Å². The van der Waals surface area contributed by atoms with Crippen molar-refractivity contribution >= 4 is 46.1 Å². The van der Waals surface area contributed by atoms with Crippen LogP contribution in [0.3, 0.4) is 0 Å². The van der Waals surface area contributed by atoms with E-state index in [9.17, 15) is 14.4 Å². The van der Waals surface area contributed by atoms with Crippen molar-refractivity contribution in [2.75, 3.05) is 35.8 Å². The average Bonchev–Trinajstić information content (AvgIpc) is 3.38. The molecule has 13 heteroatoms. The van der Waals surface area contributed by atoms with Crippen LogP contribution in [-0.2, 0) is 19.0 Å². The van der Waals surface area contributed by atoms with Crippen molar-refractivity contribution in [1.29, 1.82) is 0 Å². The zero-order valence-corrected chi connectivity index (χ0v) is 22.3. The molecule has 210 valence electrons. The van der Waals surface area contributed by atoms with Gasteiger partial charge in [-0.3, -0.25) is 15.4 Å². The molecular weight excluding hydrogens is 525 g/mol.